The molecule has 0 spiro atoms. The molecule has 0 bridgehead atoms. The highest BCUT2D eigenvalue weighted by atomic mass is 16.5. The average Bonchev–Trinajstić information content (AvgIpc) is 2.61. The van der Waals surface area contributed by atoms with Gasteiger partial charge >= 0.3 is 0 Å². The number of benzene rings is 2. The number of hydrogen-bond acceptors (Lipinski definition) is 5. The van der Waals surface area contributed by atoms with Gasteiger partial charge in [0.15, 0.2) is 11.5 Å². The summed E-state index contributed by atoms with van der Waals surface area (Å²) in [7, 11) is 4.69. The van der Waals surface area contributed by atoms with Crippen molar-refractivity contribution >= 4 is 0 Å². The summed E-state index contributed by atoms with van der Waals surface area (Å²) in [6.07, 6.45) is 0.325. The Morgan fingerprint density at radius 2 is 1.54 bits per heavy atom. The van der Waals surface area contributed by atoms with Crippen LogP contribution in [0.5, 0.6) is 17.2 Å². The normalized spacial score (nSPS) is 14.6. The highest BCUT2D eigenvalue weighted by molar-refractivity contribution is 5.54. The summed E-state index contributed by atoms with van der Waals surface area (Å²) >= 11 is 0. The van der Waals surface area contributed by atoms with Crippen LogP contribution < -0.4 is 19.9 Å². The molecule has 0 unspecified atom stereocenters. The molecule has 130 valence electrons. The van der Waals surface area contributed by atoms with E-state index in [1.165, 1.54) is 0 Å². The third kappa shape index (κ3) is 3.47. The van der Waals surface area contributed by atoms with E-state index in [0.717, 1.165) is 11.1 Å². The average molecular weight is 331 g/mol. The zero-order valence-corrected chi connectivity index (χ0v) is 14.6. The lowest BCUT2D eigenvalue weighted by Crippen LogP contribution is -2.45. The summed E-state index contributed by atoms with van der Waals surface area (Å²) in [6.45, 7) is 1.80. The molecule has 0 aliphatic heterocycles. The topological polar surface area (TPSA) is 73.9 Å². The molecule has 0 amide bonds. The molecule has 5 nitrogen and oxygen atoms in total. The second kappa shape index (κ2) is 7.55. The maximum absolute atomic E-state index is 11.2. The fourth-order valence-corrected chi connectivity index (χ4v) is 2.80. The Hall–Kier alpha value is -2.24. The predicted molar refractivity (Wildman–Crippen MR) is 93.8 cm³/mol. The summed E-state index contributed by atoms with van der Waals surface area (Å²) in [5.41, 5.74) is 6.52. The van der Waals surface area contributed by atoms with Crippen molar-refractivity contribution in [2.45, 2.75) is 25.0 Å². The Bertz CT molecular complexity index is 647. The van der Waals surface area contributed by atoms with E-state index in [0.29, 0.717) is 23.7 Å². The van der Waals surface area contributed by atoms with E-state index in [2.05, 4.69) is 0 Å². The number of methoxy groups -OCH3 is 3. The van der Waals surface area contributed by atoms with Crippen molar-refractivity contribution in [1.82, 2.24) is 0 Å². The summed E-state index contributed by atoms with van der Waals surface area (Å²) in [5, 5.41) is 11.2. The monoisotopic (exact) mass is 331 g/mol. The van der Waals surface area contributed by atoms with Gasteiger partial charge in [0.05, 0.1) is 21.3 Å². The first-order valence-electron chi connectivity index (χ1n) is 7.78. The van der Waals surface area contributed by atoms with Crippen LogP contribution >= 0.6 is 0 Å². The van der Waals surface area contributed by atoms with Crippen LogP contribution in [0.25, 0.3) is 0 Å². The molecule has 0 aliphatic carbocycles. The van der Waals surface area contributed by atoms with Gasteiger partial charge in [-0.1, -0.05) is 30.3 Å². The molecule has 0 heterocycles. The minimum absolute atomic E-state index is 0.325. The van der Waals surface area contributed by atoms with Crippen molar-refractivity contribution in [2.24, 2.45) is 5.73 Å². The first-order chi connectivity index (χ1) is 11.5. The first kappa shape index (κ1) is 18.1. The smallest absolute Gasteiger partial charge is 0.203 e. The lowest BCUT2D eigenvalue weighted by molar-refractivity contribution is 0.0152. The third-order valence-corrected chi connectivity index (χ3v) is 4.23. The van der Waals surface area contributed by atoms with Crippen molar-refractivity contribution in [3.63, 3.8) is 0 Å². The van der Waals surface area contributed by atoms with E-state index < -0.39 is 11.6 Å². The number of aliphatic hydroxyl groups is 1. The number of nitrogens with two attached hydrogens (primary N) is 1. The third-order valence-electron chi connectivity index (χ3n) is 4.23. The lowest BCUT2D eigenvalue weighted by Gasteiger charge is -2.33. The Labute approximate surface area is 143 Å². The van der Waals surface area contributed by atoms with Gasteiger partial charge in [0.2, 0.25) is 5.75 Å². The summed E-state index contributed by atoms with van der Waals surface area (Å²) in [5.74, 6) is 1.62. The molecule has 2 rings (SSSR count). The van der Waals surface area contributed by atoms with Gasteiger partial charge < -0.3 is 25.1 Å². The van der Waals surface area contributed by atoms with Gasteiger partial charge in [-0.15, -0.1) is 0 Å². The van der Waals surface area contributed by atoms with Gasteiger partial charge in [0.25, 0.3) is 0 Å². The zero-order chi connectivity index (χ0) is 17.7. The lowest BCUT2D eigenvalue weighted by atomic mass is 9.82. The van der Waals surface area contributed by atoms with Gasteiger partial charge in [-0.05, 0) is 30.2 Å². The van der Waals surface area contributed by atoms with Crippen molar-refractivity contribution in [3.05, 3.63) is 53.6 Å². The Morgan fingerprint density at radius 1 is 1.00 bits per heavy atom. The summed E-state index contributed by atoms with van der Waals surface area (Å²) < 4.78 is 16.1. The molecule has 0 aromatic heterocycles. The largest absolute Gasteiger partial charge is 0.493 e. The predicted octanol–water partition coefficient (Wildman–Crippen LogP) is 2.49. The van der Waals surface area contributed by atoms with E-state index in [1.54, 1.807) is 28.3 Å². The van der Waals surface area contributed by atoms with Crippen LogP contribution in [0.4, 0.5) is 0 Å². The van der Waals surface area contributed by atoms with Gasteiger partial charge in [0.1, 0.15) is 5.60 Å². The minimum atomic E-state index is -1.20. The molecule has 2 aromatic carbocycles. The van der Waals surface area contributed by atoms with Gasteiger partial charge in [0, 0.05) is 12.5 Å². The zero-order valence-electron chi connectivity index (χ0n) is 14.6. The molecule has 0 saturated heterocycles. The van der Waals surface area contributed by atoms with E-state index in [4.69, 9.17) is 19.9 Å². The van der Waals surface area contributed by atoms with Crippen LogP contribution in [0, 0.1) is 0 Å². The molecule has 0 aliphatic rings. The quantitative estimate of drug-likeness (QED) is 0.815. The Balaban J connectivity index is 2.47. The molecular formula is C19H25NO4. The maximum Gasteiger partial charge on any atom is 0.203 e. The molecule has 2 aromatic rings. The fourth-order valence-electron chi connectivity index (χ4n) is 2.80. The van der Waals surface area contributed by atoms with Crippen molar-refractivity contribution in [3.8, 4) is 17.2 Å². The highest BCUT2D eigenvalue weighted by Crippen LogP contribution is 2.40. The van der Waals surface area contributed by atoms with E-state index in [-0.39, 0.29) is 0 Å². The summed E-state index contributed by atoms with van der Waals surface area (Å²) in [6, 6.07) is 12.6. The molecular weight excluding hydrogens is 306 g/mol. The molecule has 3 N–H and O–H groups in total. The SMILES string of the molecule is COc1cc(C[C@](O)(c2ccccc2)[C@@H](C)N)cc(OC)c1OC. The minimum Gasteiger partial charge on any atom is -0.493 e. The first-order valence-corrected chi connectivity index (χ1v) is 7.78. The van der Waals surface area contributed by atoms with Gasteiger partial charge in [-0.25, -0.2) is 0 Å². The standard InChI is InChI=1S/C19H25NO4/c1-13(20)19(21,15-8-6-5-7-9-15)12-14-10-16(22-2)18(24-4)17(11-14)23-3/h5-11,13,21H,12,20H2,1-4H3/t13-,19-/m1/s1. The van der Waals surface area contributed by atoms with Crippen LogP contribution in [0.2, 0.25) is 0 Å². The van der Waals surface area contributed by atoms with Crippen molar-refractivity contribution in [2.75, 3.05) is 21.3 Å². The maximum atomic E-state index is 11.2. The van der Waals surface area contributed by atoms with Gasteiger partial charge in [-0.3, -0.25) is 0 Å². The van der Waals surface area contributed by atoms with Crippen molar-refractivity contribution in [1.29, 1.82) is 0 Å². The van der Waals surface area contributed by atoms with Gasteiger partial charge in [-0.2, -0.15) is 0 Å². The molecule has 0 fully saturated rings. The summed E-state index contributed by atoms with van der Waals surface area (Å²) in [4.78, 5) is 0. The molecule has 2 atom stereocenters. The Kier molecular flexibility index (Phi) is 5.70. The van der Waals surface area contributed by atoms with Crippen LogP contribution in [0.1, 0.15) is 18.1 Å². The van der Waals surface area contributed by atoms with Crippen LogP contribution in [0.15, 0.2) is 42.5 Å². The van der Waals surface area contributed by atoms with Crippen molar-refractivity contribution < 1.29 is 19.3 Å². The molecule has 5 heteroatoms. The number of hydrogen-bond donors (Lipinski definition) is 2. The molecule has 0 radical (unpaired) electrons. The second-order valence-corrected chi connectivity index (χ2v) is 5.79. The van der Waals surface area contributed by atoms with E-state index >= 15 is 0 Å². The molecule has 0 saturated carbocycles. The van der Waals surface area contributed by atoms with Crippen LogP contribution in [0.3, 0.4) is 0 Å². The van der Waals surface area contributed by atoms with Crippen LogP contribution in [-0.2, 0) is 12.0 Å². The van der Waals surface area contributed by atoms with E-state index in [9.17, 15) is 5.11 Å². The fraction of sp³-hybridized carbons (Fsp3) is 0.368. The van der Waals surface area contributed by atoms with Crippen LogP contribution in [-0.4, -0.2) is 32.5 Å². The number of ether oxygens (including phenoxy) is 3. The molecule has 24 heavy (non-hydrogen) atoms. The Morgan fingerprint density at radius 3 is 1.96 bits per heavy atom. The van der Waals surface area contributed by atoms with E-state index in [1.807, 2.05) is 42.5 Å². The second-order valence-electron chi connectivity index (χ2n) is 5.79. The number of rotatable bonds is 7. The highest BCUT2D eigenvalue weighted by Gasteiger charge is 2.34.